The standard InChI is InChI=1S/C9H12N2O2S/c1-3-4-10-5-7-11-6(2)8(14-7)9(12)13/h3,10H,1,4-5H2,2H3,(H,12,13). The second-order valence-corrected chi connectivity index (χ2v) is 3.83. The average Bonchev–Trinajstić information content (AvgIpc) is 2.47. The molecule has 0 aromatic carbocycles. The lowest BCUT2D eigenvalue weighted by Gasteiger charge is -1.95. The predicted molar refractivity (Wildman–Crippen MR) is 55.7 cm³/mol. The Hall–Kier alpha value is -1.20. The van der Waals surface area contributed by atoms with Crippen molar-refractivity contribution in [2.24, 2.45) is 0 Å². The van der Waals surface area contributed by atoms with Crippen LogP contribution in [0.25, 0.3) is 0 Å². The zero-order valence-electron chi connectivity index (χ0n) is 7.91. The molecule has 1 aromatic rings. The monoisotopic (exact) mass is 212 g/mol. The van der Waals surface area contributed by atoms with E-state index in [1.54, 1.807) is 13.0 Å². The summed E-state index contributed by atoms with van der Waals surface area (Å²) in [6.07, 6.45) is 1.75. The maximum Gasteiger partial charge on any atom is 0.347 e. The van der Waals surface area contributed by atoms with Gasteiger partial charge in [-0.05, 0) is 6.92 Å². The number of hydrogen-bond donors (Lipinski definition) is 2. The van der Waals surface area contributed by atoms with Crippen LogP contribution in [0, 0.1) is 6.92 Å². The third-order valence-corrected chi connectivity index (χ3v) is 2.75. The lowest BCUT2D eigenvalue weighted by molar-refractivity contribution is 0.0701. The average molecular weight is 212 g/mol. The number of carboxylic acids is 1. The second kappa shape index (κ2) is 4.88. The van der Waals surface area contributed by atoms with Crippen LogP contribution >= 0.6 is 11.3 Å². The number of thiazole rings is 1. The number of rotatable bonds is 5. The van der Waals surface area contributed by atoms with E-state index in [4.69, 9.17) is 5.11 Å². The van der Waals surface area contributed by atoms with Crippen molar-refractivity contribution in [3.63, 3.8) is 0 Å². The number of carboxylic acid groups (broad SMARTS) is 1. The molecule has 0 radical (unpaired) electrons. The number of aromatic nitrogens is 1. The number of aryl methyl sites for hydroxylation is 1. The van der Waals surface area contributed by atoms with Crippen molar-refractivity contribution in [1.29, 1.82) is 0 Å². The molecule has 0 unspecified atom stereocenters. The number of carbonyl (C=O) groups is 1. The highest BCUT2D eigenvalue weighted by Gasteiger charge is 2.12. The highest BCUT2D eigenvalue weighted by atomic mass is 32.1. The van der Waals surface area contributed by atoms with E-state index in [-0.39, 0.29) is 0 Å². The van der Waals surface area contributed by atoms with Crippen LogP contribution in [0.1, 0.15) is 20.4 Å². The van der Waals surface area contributed by atoms with Crippen molar-refractivity contribution < 1.29 is 9.90 Å². The first-order valence-corrected chi connectivity index (χ1v) is 4.98. The van der Waals surface area contributed by atoms with Crippen LogP contribution in [0.15, 0.2) is 12.7 Å². The highest BCUT2D eigenvalue weighted by molar-refractivity contribution is 7.13. The van der Waals surface area contributed by atoms with E-state index < -0.39 is 5.97 Å². The van der Waals surface area contributed by atoms with E-state index in [1.165, 1.54) is 11.3 Å². The smallest absolute Gasteiger partial charge is 0.347 e. The normalized spacial score (nSPS) is 10.1. The van der Waals surface area contributed by atoms with Gasteiger partial charge >= 0.3 is 5.97 Å². The lowest BCUT2D eigenvalue weighted by Crippen LogP contribution is -2.12. The zero-order chi connectivity index (χ0) is 10.6. The van der Waals surface area contributed by atoms with Crippen LogP contribution in [0.4, 0.5) is 0 Å². The Balaban J connectivity index is 2.66. The molecule has 0 spiro atoms. The Morgan fingerprint density at radius 2 is 2.50 bits per heavy atom. The van der Waals surface area contributed by atoms with E-state index in [0.717, 1.165) is 5.01 Å². The van der Waals surface area contributed by atoms with Gasteiger partial charge in [-0.1, -0.05) is 6.08 Å². The third-order valence-electron chi connectivity index (χ3n) is 1.60. The Labute approximate surface area is 86.3 Å². The van der Waals surface area contributed by atoms with Crippen molar-refractivity contribution in [2.45, 2.75) is 13.5 Å². The first-order valence-electron chi connectivity index (χ1n) is 4.16. The van der Waals surface area contributed by atoms with Crippen LogP contribution in [0.5, 0.6) is 0 Å². The first kappa shape index (κ1) is 10.9. The van der Waals surface area contributed by atoms with E-state index in [0.29, 0.717) is 23.7 Å². The van der Waals surface area contributed by atoms with Gasteiger partial charge in [-0.3, -0.25) is 0 Å². The molecular formula is C9H12N2O2S. The zero-order valence-corrected chi connectivity index (χ0v) is 8.73. The number of aromatic carboxylic acids is 1. The van der Waals surface area contributed by atoms with Gasteiger partial charge in [0, 0.05) is 13.1 Å². The molecule has 0 bridgehead atoms. The van der Waals surface area contributed by atoms with Gasteiger partial charge in [-0.15, -0.1) is 17.9 Å². The van der Waals surface area contributed by atoms with Crippen LogP contribution < -0.4 is 5.32 Å². The van der Waals surface area contributed by atoms with Gasteiger partial charge in [0.2, 0.25) is 0 Å². The van der Waals surface area contributed by atoms with E-state index in [2.05, 4.69) is 16.9 Å². The van der Waals surface area contributed by atoms with Gasteiger partial charge in [0.05, 0.1) is 5.69 Å². The lowest BCUT2D eigenvalue weighted by atomic mass is 10.4. The topological polar surface area (TPSA) is 62.2 Å². The van der Waals surface area contributed by atoms with Crippen LogP contribution in [-0.4, -0.2) is 22.6 Å². The SMILES string of the molecule is C=CCNCc1nc(C)c(C(=O)O)s1. The molecule has 14 heavy (non-hydrogen) atoms. The minimum Gasteiger partial charge on any atom is -0.477 e. The summed E-state index contributed by atoms with van der Waals surface area (Å²) < 4.78 is 0. The molecule has 4 nitrogen and oxygen atoms in total. The van der Waals surface area contributed by atoms with E-state index >= 15 is 0 Å². The molecule has 1 rings (SSSR count). The molecule has 0 aliphatic heterocycles. The maximum absolute atomic E-state index is 10.7. The van der Waals surface area contributed by atoms with Crippen molar-refractivity contribution in [1.82, 2.24) is 10.3 Å². The summed E-state index contributed by atoms with van der Waals surface area (Å²) in [5.74, 6) is -0.907. The summed E-state index contributed by atoms with van der Waals surface area (Å²) in [5, 5.41) is 12.6. The predicted octanol–water partition coefficient (Wildman–Crippen LogP) is 1.43. The molecule has 0 saturated carbocycles. The molecule has 0 aliphatic rings. The third kappa shape index (κ3) is 2.65. The molecule has 0 amide bonds. The van der Waals surface area contributed by atoms with Crippen LogP contribution in [-0.2, 0) is 6.54 Å². The number of nitrogens with zero attached hydrogens (tertiary/aromatic N) is 1. The molecular weight excluding hydrogens is 200 g/mol. The van der Waals surface area contributed by atoms with Gasteiger partial charge < -0.3 is 10.4 Å². The Bertz CT molecular complexity index is 347. The minimum atomic E-state index is -0.907. The fraction of sp³-hybridized carbons (Fsp3) is 0.333. The fourth-order valence-electron chi connectivity index (χ4n) is 1.01. The molecule has 0 fully saturated rings. The van der Waals surface area contributed by atoms with Gasteiger partial charge in [0.15, 0.2) is 0 Å². The number of hydrogen-bond acceptors (Lipinski definition) is 4. The van der Waals surface area contributed by atoms with Gasteiger partial charge in [-0.2, -0.15) is 0 Å². The number of nitrogens with one attached hydrogen (secondary N) is 1. The molecule has 5 heteroatoms. The molecule has 0 atom stereocenters. The summed E-state index contributed by atoms with van der Waals surface area (Å²) in [4.78, 5) is 15.2. The van der Waals surface area contributed by atoms with Gasteiger partial charge in [0.25, 0.3) is 0 Å². The summed E-state index contributed by atoms with van der Waals surface area (Å²) >= 11 is 1.21. The second-order valence-electron chi connectivity index (χ2n) is 2.75. The highest BCUT2D eigenvalue weighted by Crippen LogP contribution is 2.17. The molecule has 76 valence electrons. The van der Waals surface area contributed by atoms with E-state index in [1.807, 2.05) is 0 Å². The van der Waals surface area contributed by atoms with Crippen LogP contribution in [0.2, 0.25) is 0 Å². The summed E-state index contributed by atoms with van der Waals surface area (Å²) in [5.41, 5.74) is 0.581. The van der Waals surface area contributed by atoms with Gasteiger partial charge in [-0.25, -0.2) is 9.78 Å². The van der Waals surface area contributed by atoms with Gasteiger partial charge in [0.1, 0.15) is 9.88 Å². The molecule has 0 saturated heterocycles. The van der Waals surface area contributed by atoms with Crippen molar-refractivity contribution in [3.8, 4) is 0 Å². The fourth-order valence-corrected chi connectivity index (χ4v) is 1.88. The maximum atomic E-state index is 10.7. The largest absolute Gasteiger partial charge is 0.477 e. The summed E-state index contributed by atoms with van der Waals surface area (Å²) in [7, 11) is 0. The van der Waals surface area contributed by atoms with Crippen molar-refractivity contribution in [3.05, 3.63) is 28.2 Å². The van der Waals surface area contributed by atoms with Crippen LogP contribution in [0.3, 0.4) is 0 Å². The Morgan fingerprint density at radius 3 is 3.00 bits per heavy atom. The van der Waals surface area contributed by atoms with Crippen molar-refractivity contribution in [2.75, 3.05) is 6.54 Å². The first-order chi connectivity index (χ1) is 6.65. The minimum absolute atomic E-state index is 0.320. The van der Waals surface area contributed by atoms with Crippen molar-refractivity contribution >= 4 is 17.3 Å². The molecule has 2 N–H and O–H groups in total. The quantitative estimate of drug-likeness (QED) is 0.572. The molecule has 1 aromatic heterocycles. The molecule has 1 heterocycles. The molecule has 0 aliphatic carbocycles. The summed E-state index contributed by atoms with van der Waals surface area (Å²) in [6.45, 7) is 6.56. The summed E-state index contributed by atoms with van der Waals surface area (Å²) in [6, 6.07) is 0. The Morgan fingerprint density at radius 1 is 1.79 bits per heavy atom. The Kier molecular flexibility index (Phi) is 3.79. The van der Waals surface area contributed by atoms with E-state index in [9.17, 15) is 4.79 Å².